The van der Waals surface area contributed by atoms with E-state index in [0.29, 0.717) is 18.6 Å². The molecule has 0 aliphatic carbocycles. The summed E-state index contributed by atoms with van der Waals surface area (Å²) in [5.41, 5.74) is 0.550. The first-order chi connectivity index (χ1) is 7.11. The van der Waals surface area contributed by atoms with Crippen LogP contribution in [0, 0.1) is 11.6 Å². The van der Waals surface area contributed by atoms with Crippen molar-refractivity contribution in [2.75, 3.05) is 13.2 Å². The van der Waals surface area contributed by atoms with Crippen LogP contribution in [0.3, 0.4) is 0 Å². The molecule has 0 amide bonds. The SMILES string of the molecule is Fc1cc(Br)c(F)c2c1CCOCC2Cl. The summed E-state index contributed by atoms with van der Waals surface area (Å²) in [7, 11) is 0. The van der Waals surface area contributed by atoms with Gasteiger partial charge in [0.15, 0.2) is 0 Å². The first-order valence-corrected chi connectivity index (χ1v) is 5.72. The maximum atomic E-state index is 13.7. The quantitative estimate of drug-likeness (QED) is 0.525. The van der Waals surface area contributed by atoms with Gasteiger partial charge in [-0.2, -0.15) is 0 Å². The highest BCUT2D eigenvalue weighted by Crippen LogP contribution is 2.35. The number of benzene rings is 1. The van der Waals surface area contributed by atoms with Gasteiger partial charge in [0.1, 0.15) is 11.6 Å². The Morgan fingerprint density at radius 2 is 2.20 bits per heavy atom. The lowest BCUT2D eigenvalue weighted by Gasteiger charge is -2.12. The van der Waals surface area contributed by atoms with Gasteiger partial charge < -0.3 is 4.74 Å². The van der Waals surface area contributed by atoms with Crippen LogP contribution in [0.4, 0.5) is 8.78 Å². The van der Waals surface area contributed by atoms with Crippen LogP contribution in [0.2, 0.25) is 0 Å². The average Bonchev–Trinajstić information content (AvgIpc) is 2.37. The van der Waals surface area contributed by atoms with E-state index in [4.69, 9.17) is 16.3 Å². The molecule has 1 heterocycles. The van der Waals surface area contributed by atoms with Crippen molar-refractivity contribution in [2.45, 2.75) is 11.8 Å². The summed E-state index contributed by atoms with van der Waals surface area (Å²) in [6, 6.07) is 1.13. The molecule has 1 aliphatic heterocycles. The van der Waals surface area contributed by atoms with Crippen LogP contribution in [0.5, 0.6) is 0 Å². The molecule has 0 fully saturated rings. The second-order valence-electron chi connectivity index (χ2n) is 3.34. The molecular weight excluding hydrogens is 289 g/mol. The summed E-state index contributed by atoms with van der Waals surface area (Å²) < 4.78 is 32.6. The number of alkyl halides is 1. The number of fused-ring (bicyclic) bond motifs is 1. The molecule has 0 N–H and O–H groups in total. The maximum Gasteiger partial charge on any atom is 0.142 e. The average molecular weight is 298 g/mol. The molecule has 15 heavy (non-hydrogen) atoms. The fourth-order valence-electron chi connectivity index (χ4n) is 1.68. The maximum absolute atomic E-state index is 13.7. The summed E-state index contributed by atoms with van der Waals surface area (Å²) in [5.74, 6) is -0.925. The highest BCUT2D eigenvalue weighted by atomic mass is 79.9. The molecule has 1 atom stereocenters. The highest BCUT2D eigenvalue weighted by Gasteiger charge is 2.25. The van der Waals surface area contributed by atoms with Crippen LogP contribution in [0.1, 0.15) is 16.5 Å². The van der Waals surface area contributed by atoms with Gasteiger partial charge in [-0.25, -0.2) is 8.78 Å². The number of ether oxygens (including phenoxy) is 1. The smallest absolute Gasteiger partial charge is 0.142 e. The third-order valence-corrected chi connectivity index (χ3v) is 3.31. The minimum Gasteiger partial charge on any atom is -0.379 e. The highest BCUT2D eigenvalue weighted by molar-refractivity contribution is 9.10. The molecule has 82 valence electrons. The van der Waals surface area contributed by atoms with Crippen LogP contribution >= 0.6 is 27.5 Å². The molecule has 0 saturated carbocycles. The Morgan fingerprint density at radius 1 is 1.47 bits per heavy atom. The monoisotopic (exact) mass is 296 g/mol. The Labute approximate surface area is 99.5 Å². The van der Waals surface area contributed by atoms with Crippen molar-refractivity contribution in [3.05, 3.63) is 33.3 Å². The van der Waals surface area contributed by atoms with E-state index in [2.05, 4.69) is 15.9 Å². The Morgan fingerprint density at radius 3 is 2.93 bits per heavy atom. The third kappa shape index (κ3) is 2.03. The van der Waals surface area contributed by atoms with Gasteiger partial charge in [-0.3, -0.25) is 0 Å². The second-order valence-corrected chi connectivity index (χ2v) is 4.72. The number of hydrogen-bond acceptors (Lipinski definition) is 1. The van der Waals surface area contributed by atoms with E-state index in [9.17, 15) is 8.78 Å². The predicted molar refractivity (Wildman–Crippen MR) is 57.2 cm³/mol. The molecule has 0 spiro atoms. The molecule has 5 heteroatoms. The van der Waals surface area contributed by atoms with Crippen molar-refractivity contribution < 1.29 is 13.5 Å². The summed E-state index contributed by atoms with van der Waals surface area (Å²) >= 11 is 8.91. The number of rotatable bonds is 0. The minimum absolute atomic E-state index is 0.103. The van der Waals surface area contributed by atoms with Gasteiger partial charge in [-0.1, -0.05) is 0 Å². The van der Waals surface area contributed by atoms with E-state index in [1.165, 1.54) is 0 Å². The predicted octanol–water partition coefficient (Wildman–Crippen LogP) is 3.58. The first kappa shape index (κ1) is 11.3. The van der Waals surface area contributed by atoms with Gasteiger partial charge in [-0.05, 0) is 34.0 Å². The topological polar surface area (TPSA) is 9.23 Å². The minimum atomic E-state index is -0.630. The molecule has 0 radical (unpaired) electrons. The van der Waals surface area contributed by atoms with Crippen molar-refractivity contribution in [3.8, 4) is 0 Å². The lowest BCUT2D eigenvalue weighted by Crippen LogP contribution is -2.05. The molecule has 1 nitrogen and oxygen atoms in total. The zero-order chi connectivity index (χ0) is 11.0. The Kier molecular flexibility index (Phi) is 3.28. The molecular formula is C10H8BrClF2O. The molecule has 0 aromatic heterocycles. The van der Waals surface area contributed by atoms with Crippen LogP contribution in [-0.2, 0) is 11.2 Å². The Hall–Kier alpha value is -0.190. The van der Waals surface area contributed by atoms with E-state index in [1.54, 1.807) is 0 Å². The van der Waals surface area contributed by atoms with Gasteiger partial charge in [0, 0.05) is 5.56 Å². The summed E-state index contributed by atoms with van der Waals surface area (Å²) in [4.78, 5) is 0. The second kappa shape index (κ2) is 4.36. The first-order valence-electron chi connectivity index (χ1n) is 4.49. The van der Waals surface area contributed by atoms with Gasteiger partial charge in [0.2, 0.25) is 0 Å². The van der Waals surface area contributed by atoms with Crippen LogP contribution in [0.25, 0.3) is 0 Å². The zero-order valence-corrected chi connectivity index (χ0v) is 10.0. The van der Waals surface area contributed by atoms with Gasteiger partial charge in [0.25, 0.3) is 0 Å². The summed E-state index contributed by atoms with van der Waals surface area (Å²) in [6.07, 6.45) is 0.356. The summed E-state index contributed by atoms with van der Waals surface area (Å²) in [5, 5.41) is -0.630. The van der Waals surface area contributed by atoms with Crippen LogP contribution < -0.4 is 0 Å². The van der Waals surface area contributed by atoms with Gasteiger partial charge in [0.05, 0.1) is 23.1 Å². The molecule has 1 unspecified atom stereocenters. The summed E-state index contributed by atoms with van der Waals surface area (Å²) in [6.45, 7) is 0.579. The Balaban J connectivity index is 2.63. The standard InChI is InChI=1S/C10H8BrClF2O/c11-6-3-8(13)5-1-2-15-4-7(12)9(5)10(6)14/h3,7H,1-2,4H2. The number of hydrogen-bond donors (Lipinski definition) is 0. The molecule has 1 aromatic rings. The number of halogens is 4. The third-order valence-electron chi connectivity index (χ3n) is 2.39. The fourth-order valence-corrected chi connectivity index (χ4v) is 2.41. The molecule has 1 aliphatic rings. The largest absolute Gasteiger partial charge is 0.379 e. The van der Waals surface area contributed by atoms with Crippen molar-refractivity contribution in [2.24, 2.45) is 0 Å². The normalized spacial score (nSPS) is 20.9. The zero-order valence-electron chi connectivity index (χ0n) is 7.70. The van der Waals surface area contributed by atoms with Crippen LogP contribution in [-0.4, -0.2) is 13.2 Å². The van der Waals surface area contributed by atoms with E-state index >= 15 is 0 Å². The van der Waals surface area contributed by atoms with E-state index in [1.807, 2.05) is 0 Å². The van der Waals surface area contributed by atoms with Crippen molar-refractivity contribution in [1.82, 2.24) is 0 Å². The van der Waals surface area contributed by atoms with E-state index in [0.717, 1.165) is 6.07 Å². The van der Waals surface area contributed by atoms with Crippen molar-refractivity contribution in [3.63, 3.8) is 0 Å². The molecule has 0 saturated heterocycles. The van der Waals surface area contributed by atoms with Crippen molar-refractivity contribution >= 4 is 27.5 Å². The van der Waals surface area contributed by atoms with Gasteiger partial charge in [-0.15, -0.1) is 11.6 Å². The molecule has 2 rings (SSSR count). The van der Waals surface area contributed by atoms with Crippen LogP contribution in [0.15, 0.2) is 10.5 Å². The van der Waals surface area contributed by atoms with E-state index < -0.39 is 17.0 Å². The Bertz CT molecular complexity index is 397. The fraction of sp³-hybridized carbons (Fsp3) is 0.400. The van der Waals surface area contributed by atoms with E-state index in [-0.39, 0.29) is 16.6 Å². The lowest BCUT2D eigenvalue weighted by atomic mass is 10.0. The molecule has 1 aromatic carbocycles. The lowest BCUT2D eigenvalue weighted by molar-refractivity contribution is 0.143. The van der Waals surface area contributed by atoms with Crippen molar-refractivity contribution in [1.29, 1.82) is 0 Å². The van der Waals surface area contributed by atoms with Gasteiger partial charge >= 0.3 is 0 Å². The molecule has 0 bridgehead atoms.